The van der Waals surface area contributed by atoms with Crippen LogP contribution in [0.25, 0.3) is 0 Å². The van der Waals surface area contributed by atoms with Gasteiger partial charge in [-0.25, -0.2) is 0 Å². The number of aromatic nitrogens is 1. The number of hydrogen-bond donors (Lipinski definition) is 3. The molecule has 0 spiro atoms. The largest absolute Gasteiger partial charge is 0.350 e. The summed E-state index contributed by atoms with van der Waals surface area (Å²) in [5.41, 5.74) is 6.71. The molecule has 2 rings (SSSR count). The van der Waals surface area contributed by atoms with E-state index in [-0.39, 0.29) is 11.9 Å². The zero-order valence-corrected chi connectivity index (χ0v) is 18.2. The van der Waals surface area contributed by atoms with Gasteiger partial charge in [-0.15, -0.1) is 0 Å². The lowest BCUT2D eigenvalue weighted by atomic mass is 10.0. The summed E-state index contributed by atoms with van der Waals surface area (Å²) in [5, 5.41) is 6.35. The van der Waals surface area contributed by atoms with Crippen molar-refractivity contribution in [2.24, 2.45) is 5.73 Å². The molecule has 2 heterocycles. The van der Waals surface area contributed by atoms with E-state index in [2.05, 4.69) is 27.4 Å². The van der Waals surface area contributed by atoms with E-state index in [1.807, 2.05) is 0 Å². The van der Waals surface area contributed by atoms with E-state index in [4.69, 9.17) is 5.73 Å². The van der Waals surface area contributed by atoms with E-state index in [9.17, 15) is 4.79 Å². The molecule has 6 nitrogen and oxygen atoms in total. The highest BCUT2D eigenvalue weighted by Gasteiger charge is 2.16. The molecule has 0 saturated carbocycles. The van der Waals surface area contributed by atoms with Gasteiger partial charge in [-0.1, -0.05) is 44.9 Å². The first-order valence-electron chi connectivity index (χ1n) is 11.6. The number of amides is 1. The molecule has 0 unspecified atom stereocenters. The summed E-state index contributed by atoms with van der Waals surface area (Å²) >= 11 is 0. The molecule has 164 valence electrons. The zero-order valence-electron chi connectivity index (χ0n) is 18.2. The molecular formula is C23H41N5O. The fraction of sp³-hybridized carbons (Fsp3) is 0.739. The number of carbonyl (C=O) groups is 1. The van der Waals surface area contributed by atoms with Crippen LogP contribution >= 0.6 is 0 Å². The lowest BCUT2D eigenvalue weighted by Crippen LogP contribution is -2.49. The fourth-order valence-electron chi connectivity index (χ4n) is 3.92. The Morgan fingerprint density at radius 2 is 1.97 bits per heavy atom. The summed E-state index contributed by atoms with van der Waals surface area (Å²) in [6.07, 6.45) is 14.6. The summed E-state index contributed by atoms with van der Waals surface area (Å²) in [7, 11) is 0. The van der Waals surface area contributed by atoms with Crippen molar-refractivity contribution >= 4 is 5.91 Å². The van der Waals surface area contributed by atoms with Gasteiger partial charge in [0.05, 0.1) is 5.56 Å². The number of hydrogen-bond acceptors (Lipinski definition) is 5. The highest BCUT2D eigenvalue weighted by molar-refractivity contribution is 5.93. The molecule has 1 aromatic rings. The molecule has 1 aliphatic rings. The van der Waals surface area contributed by atoms with Crippen LogP contribution < -0.4 is 16.4 Å². The van der Waals surface area contributed by atoms with Gasteiger partial charge in [-0.05, 0) is 38.4 Å². The summed E-state index contributed by atoms with van der Waals surface area (Å²) in [5.74, 6) is -0.0973. The Labute approximate surface area is 177 Å². The number of nitrogens with one attached hydrogen (secondary N) is 2. The average molecular weight is 404 g/mol. The number of rotatable bonds is 14. The van der Waals surface area contributed by atoms with E-state index in [0.717, 1.165) is 25.9 Å². The first kappa shape index (κ1) is 23.8. The number of nitrogens with zero attached hydrogens (tertiary/aromatic N) is 2. The fourth-order valence-corrected chi connectivity index (χ4v) is 3.92. The third kappa shape index (κ3) is 10.2. The van der Waals surface area contributed by atoms with Crippen molar-refractivity contribution in [3.63, 3.8) is 0 Å². The van der Waals surface area contributed by atoms with Crippen molar-refractivity contribution in [2.45, 2.75) is 76.8 Å². The van der Waals surface area contributed by atoms with Crippen LogP contribution in [0.4, 0.5) is 0 Å². The molecule has 1 amide bonds. The van der Waals surface area contributed by atoms with Gasteiger partial charge in [-0.2, -0.15) is 0 Å². The van der Waals surface area contributed by atoms with Gasteiger partial charge in [0.25, 0.3) is 5.91 Å². The maximum absolute atomic E-state index is 12.0. The van der Waals surface area contributed by atoms with Crippen LogP contribution in [0.1, 0.15) is 75.1 Å². The van der Waals surface area contributed by atoms with Crippen LogP contribution in [-0.4, -0.2) is 60.6 Å². The number of piperazine rings is 1. The highest BCUT2D eigenvalue weighted by atomic mass is 16.1. The standard InChI is InChI=1S/C23H41N5O/c1-20-17-26-14-16-28(20)15-9-7-5-3-2-4-6-8-12-22(24)19-27-23(29)21-11-10-13-25-18-21/h10-11,13,18,20,22,26H,2-9,12,14-17,19,24H2,1H3,(H,27,29)/t20-,22-/m0/s1. The number of pyridine rings is 1. The molecule has 0 radical (unpaired) electrons. The van der Waals surface area contributed by atoms with E-state index in [0.29, 0.717) is 18.2 Å². The second-order valence-electron chi connectivity index (χ2n) is 8.42. The Bertz CT molecular complexity index is 553. The predicted octanol–water partition coefficient (Wildman–Crippen LogP) is 2.94. The van der Waals surface area contributed by atoms with Crippen molar-refractivity contribution in [1.82, 2.24) is 20.5 Å². The SMILES string of the molecule is C[C@H]1CNCCN1CCCCCCCCCC[C@H](N)CNC(=O)c1cccnc1. The van der Waals surface area contributed by atoms with Crippen molar-refractivity contribution in [1.29, 1.82) is 0 Å². The normalized spacial score (nSPS) is 18.5. The third-order valence-corrected chi connectivity index (χ3v) is 5.86. The van der Waals surface area contributed by atoms with E-state index < -0.39 is 0 Å². The Morgan fingerprint density at radius 1 is 1.24 bits per heavy atom. The summed E-state index contributed by atoms with van der Waals surface area (Å²) in [6.45, 7) is 7.60. The maximum atomic E-state index is 12.0. The van der Waals surface area contributed by atoms with Crippen molar-refractivity contribution in [3.05, 3.63) is 30.1 Å². The number of unbranched alkanes of at least 4 members (excludes halogenated alkanes) is 7. The van der Waals surface area contributed by atoms with Crippen molar-refractivity contribution in [3.8, 4) is 0 Å². The van der Waals surface area contributed by atoms with Crippen molar-refractivity contribution in [2.75, 3.05) is 32.7 Å². The van der Waals surface area contributed by atoms with Gasteiger partial charge < -0.3 is 16.4 Å². The van der Waals surface area contributed by atoms with Gasteiger partial charge in [0.1, 0.15) is 0 Å². The van der Waals surface area contributed by atoms with Gasteiger partial charge >= 0.3 is 0 Å². The Hall–Kier alpha value is -1.50. The van der Waals surface area contributed by atoms with Crippen LogP contribution in [0.2, 0.25) is 0 Å². The quantitative estimate of drug-likeness (QED) is 0.416. The van der Waals surface area contributed by atoms with Gasteiger partial charge in [0.15, 0.2) is 0 Å². The molecule has 1 aliphatic heterocycles. The van der Waals surface area contributed by atoms with Gasteiger partial charge in [0, 0.05) is 50.7 Å². The first-order valence-corrected chi connectivity index (χ1v) is 11.6. The number of carbonyl (C=O) groups excluding carboxylic acids is 1. The Morgan fingerprint density at radius 3 is 2.66 bits per heavy atom. The minimum Gasteiger partial charge on any atom is -0.350 e. The smallest absolute Gasteiger partial charge is 0.252 e. The van der Waals surface area contributed by atoms with Crippen LogP contribution in [0.3, 0.4) is 0 Å². The molecule has 4 N–H and O–H groups in total. The zero-order chi connectivity index (χ0) is 20.7. The lowest BCUT2D eigenvalue weighted by molar-refractivity contribution is 0.0950. The van der Waals surface area contributed by atoms with E-state index >= 15 is 0 Å². The molecular weight excluding hydrogens is 362 g/mol. The van der Waals surface area contributed by atoms with E-state index in [1.165, 1.54) is 58.0 Å². The lowest BCUT2D eigenvalue weighted by Gasteiger charge is -2.33. The first-order chi connectivity index (χ1) is 14.2. The molecule has 0 bridgehead atoms. The highest BCUT2D eigenvalue weighted by Crippen LogP contribution is 2.12. The number of nitrogens with two attached hydrogens (primary N) is 1. The Kier molecular flexibility index (Phi) is 11.9. The Balaban J connectivity index is 1.37. The molecule has 1 fully saturated rings. The summed E-state index contributed by atoms with van der Waals surface area (Å²) in [6, 6.07) is 4.25. The molecule has 6 heteroatoms. The third-order valence-electron chi connectivity index (χ3n) is 5.86. The van der Waals surface area contributed by atoms with Crippen molar-refractivity contribution < 1.29 is 4.79 Å². The minimum atomic E-state index is -0.0973. The van der Waals surface area contributed by atoms with E-state index in [1.54, 1.807) is 24.5 Å². The van der Waals surface area contributed by atoms with Crippen LogP contribution in [-0.2, 0) is 0 Å². The topological polar surface area (TPSA) is 83.3 Å². The summed E-state index contributed by atoms with van der Waals surface area (Å²) < 4.78 is 0. The van der Waals surface area contributed by atoms with Crippen LogP contribution in [0, 0.1) is 0 Å². The molecule has 0 aromatic carbocycles. The van der Waals surface area contributed by atoms with Gasteiger partial charge in [0.2, 0.25) is 0 Å². The van der Waals surface area contributed by atoms with Crippen LogP contribution in [0.5, 0.6) is 0 Å². The minimum absolute atomic E-state index is 0.0306. The van der Waals surface area contributed by atoms with Gasteiger partial charge in [-0.3, -0.25) is 14.7 Å². The second kappa shape index (κ2) is 14.5. The molecule has 0 aliphatic carbocycles. The monoisotopic (exact) mass is 403 g/mol. The maximum Gasteiger partial charge on any atom is 0.252 e. The molecule has 1 aromatic heterocycles. The second-order valence-corrected chi connectivity index (χ2v) is 8.42. The molecule has 29 heavy (non-hydrogen) atoms. The predicted molar refractivity (Wildman–Crippen MR) is 120 cm³/mol. The summed E-state index contributed by atoms with van der Waals surface area (Å²) in [4.78, 5) is 18.6. The average Bonchev–Trinajstić information content (AvgIpc) is 2.75. The molecule has 1 saturated heterocycles. The van der Waals surface area contributed by atoms with Crippen LogP contribution in [0.15, 0.2) is 24.5 Å². The molecule has 2 atom stereocenters.